The summed E-state index contributed by atoms with van der Waals surface area (Å²) in [5.41, 5.74) is 0. The summed E-state index contributed by atoms with van der Waals surface area (Å²) in [6.45, 7) is 0. The largest absolute Gasteiger partial charge is 0.481 e. The standard InChI is InChI=1S/C17H30O6/c1-23-16(20)13-12-14(17(21)22)10-8-6-4-2-3-5-7-9-11-15(18)19/h14H,2-13H2,1H3,(H,18,19)(H,21,22). The molecule has 1 atom stereocenters. The van der Waals surface area contributed by atoms with E-state index in [2.05, 4.69) is 4.74 Å². The Morgan fingerprint density at radius 1 is 0.783 bits per heavy atom. The Bertz CT molecular complexity index is 353. The van der Waals surface area contributed by atoms with Gasteiger partial charge in [0.25, 0.3) is 0 Å². The highest BCUT2D eigenvalue weighted by Gasteiger charge is 2.18. The molecule has 0 radical (unpaired) electrons. The maximum atomic E-state index is 11.1. The molecule has 0 aromatic heterocycles. The van der Waals surface area contributed by atoms with Crippen molar-refractivity contribution in [2.24, 2.45) is 5.92 Å². The topological polar surface area (TPSA) is 101 Å². The number of carboxylic acid groups (broad SMARTS) is 2. The van der Waals surface area contributed by atoms with Crippen molar-refractivity contribution in [3.8, 4) is 0 Å². The predicted octanol–water partition coefficient (Wildman–Crippen LogP) is 3.63. The summed E-state index contributed by atoms with van der Waals surface area (Å²) in [7, 11) is 1.31. The van der Waals surface area contributed by atoms with Crippen molar-refractivity contribution in [3.63, 3.8) is 0 Å². The molecular formula is C17H30O6. The summed E-state index contributed by atoms with van der Waals surface area (Å²) in [6.07, 6.45) is 9.25. The van der Waals surface area contributed by atoms with Crippen molar-refractivity contribution in [2.75, 3.05) is 7.11 Å². The number of aliphatic carboxylic acids is 2. The lowest BCUT2D eigenvalue weighted by Gasteiger charge is -2.11. The van der Waals surface area contributed by atoms with Crippen LogP contribution in [0.3, 0.4) is 0 Å². The van der Waals surface area contributed by atoms with E-state index >= 15 is 0 Å². The van der Waals surface area contributed by atoms with E-state index in [1.807, 2.05) is 0 Å². The van der Waals surface area contributed by atoms with Crippen molar-refractivity contribution < 1.29 is 29.3 Å². The van der Waals surface area contributed by atoms with E-state index in [9.17, 15) is 14.4 Å². The number of unbranched alkanes of at least 4 members (excludes halogenated alkanes) is 7. The van der Waals surface area contributed by atoms with Crippen molar-refractivity contribution in [1.29, 1.82) is 0 Å². The fourth-order valence-electron chi connectivity index (χ4n) is 2.51. The predicted molar refractivity (Wildman–Crippen MR) is 86.2 cm³/mol. The van der Waals surface area contributed by atoms with Gasteiger partial charge in [-0.05, 0) is 19.3 Å². The van der Waals surface area contributed by atoms with Crippen LogP contribution in [0.2, 0.25) is 0 Å². The summed E-state index contributed by atoms with van der Waals surface area (Å²) >= 11 is 0. The number of hydrogen-bond donors (Lipinski definition) is 2. The van der Waals surface area contributed by atoms with Crippen molar-refractivity contribution in [3.05, 3.63) is 0 Å². The van der Waals surface area contributed by atoms with Gasteiger partial charge in [-0.15, -0.1) is 0 Å². The second kappa shape index (κ2) is 14.0. The second-order valence-electron chi connectivity index (χ2n) is 5.91. The van der Waals surface area contributed by atoms with Crippen LogP contribution in [0.4, 0.5) is 0 Å². The molecule has 0 spiro atoms. The molecule has 6 heteroatoms. The molecule has 0 heterocycles. The number of carboxylic acids is 2. The van der Waals surface area contributed by atoms with Crippen LogP contribution in [0, 0.1) is 5.92 Å². The lowest BCUT2D eigenvalue weighted by atomic mass is 9.95. The third-order valence-corrected chi connectivity index (χ3v) is 3.97. The van der Waals surface area contributed by atoms with Gasteiger partial charge in [0, 0.05) is 12.8 Å². The molecule has 2 N–H and O–H groups in total. The Balaban J connectivity index is 3.54. The van der Waals surface area contributed by atoms with E-state index in [1.54, 1.807) is 0 Å². The van der Waals surface area contributed by atoms with Crippen LogP contribution in [0.1, 0.15) is 77.0 Å². The van der Waals surface area contributed by atoms with Gasteiger partial charge in [-0.25, -0.2) is 0 Å². The van der Waals surface area contributed by atoms with E-state index in [0.717, 1.165) is 51.4 Å². The Morgan fingerprint density at radius 3 is 1.78 bits per heavy atom. The molecule has 1 unspecified atom stereocenters. The molecular weight excluding hydrogens is 300 g/mol. The van der Waals surface area contributed by atoms with Gasteiger partial charge in [-0.2, -0.15) is 0 Å². The first-order valence-electron chi connectivity index (χ1n) is 8.48. The molecule has 0 aromatic rings. The van der Waals surface area contributed by atoms with E-state index < -0.39 is 17.9 Å². The number of ether oxygens (including phenoxy) is 1. The molecule has 6 nitrogen and oxygen atoms in total. The molecule has 23 heavy (non-hydrogen) atoms. The first-order valence-corrected chi connectivity index (χ1v) is 8.48. The van der Waals surface area contributed by atoms with E-state index in [-0.39, 0.29) is 18.8 Å². The van der Waals surface area contributed by atoms with Gasteiger partial charge in [-0.1, -0.05) is 44.9 Å². The number of rotatable bonds is 15. The minimum absolute atomic E-state index is 0.157. The van der Waals surface area contributed by atoms with Crippen molar-refractivity contribution in [1.82, 2.24) is 0 Å². The lowest BCUT2D eigenvalue weighted by molar-refractivity contribution is -0.144. The monoisotopic (exact) mass is 330 g/mol. The molecule has 0 saturated carbocycles. The number of esters is 1. The van der Waals surface area contributed by atoms with Crippen LogP contribution < -0.4 is 0 Å². The molecule has 0 rings (SSSR count). The Hall–Kier alpha value is -1.59. The van der Waals surface area contributed by atoms with Gasteiger partial charge in [0.1, 0.15) is 0 Å². The molecule has 0 aliphatic heterocycles. The summed E-state index contributed by atoms with van der Waals surface area (Å²) in [6, 6.07) is 0. The maximum absolute atomic E-state index is 11.1. The zero-order valence-corrected chi connectivity index (χ0v) is 14.1. The van der Waals surface area contributed by atoms with Crippen LogP contribution in [-0.4, -0.2) is 35.2 Å². The summed E-state index contributed by atoms with van der Waals surface area (Å²) in [5.74, 6) is -2.40. The van der Waals surface area contributed by atoms with Gasteiger partial charge >= 0.3 is 17.9 Å². The lowest BCUT2D eigenvalue weighted by Crippen LogP contribution is -2.15. The average Bonchev–Trinajstić information content (AvgIpc) is 2.50. The minimum atomic E-state index is -0.840. The van der Waals surface area contributed by atoms with Gasteiger partial charge in [0.05, 0.1) is 13.0 Å². The smallest absolute Gasteiger partial charge is 0.306 e. The maximum Gasteiger partial charge on any atom is 0.306 e. The van der Waals surface area contributed by atoms with Crippen LogP contribution in [-0.2, 0) is 19.1 Å². The average molecular weight is 330 g/mol. The summed E-state index contributed by atoms with van der Waals surface area (Å²) in [4.78, 5) is 32.5. The van der Waals surface area contributed by atoms with Crippen LogP contribution >= 0.6 is 0 Å². The van der Waals surface area contributed by atoms with Crippen LogP contribution in [0.15, 0.2) is 0 Å². The van der Waals surface area contributed by atoms with E-state index in [1.165, 1.54) is 7.11 Å². The highest BCUT2D eigenvalue weighted by molar-refractivity contribution is 5.73. The van der Waals surface area contributed by atoms with E-state index in [4.69, 9.17) is 10.2 Å². The number of hydrogen-bond acceptors (Lipinski definition) is 4. The highest BCUT2D eigenvalue weighted by atomic mass is 16.5. The Labute approximate surface area is 138 Å². The number of carbonyl (C=O) groups is 3. The SMILES string of the molecule is COC(=O)CCC(CCCCCCCCCCC(=O)O)C(=O)O. The molecule has 0 amide bonds. The minimum Gasteiger partial charge on any atom is -0.481 e. The molecule has 0 aliphatic carbocycles. The van der Waals surface area contributed by atoms with Crippen molar-refractivity contribution >= 4 is 17.9 Å². The van der Waals surface area contributed by atoms with Crippen LogP contribution in [0.5, 0.6) is 0 Å². The number of carbonyl (C=O) groups excluding carboxylic acids is 1. The zero-order valence-electron chi connectivity index (χ0n) is 14.1. The van der Waals surface area contributed by atoms with Gasteiger partial charge in [0.15, 0.2) is 0 Å². The summed E-state index contributed by atoms with van der Waals surface area (Å²) < 4.78 is 4.53. The van der Waals surface area contributed by atoms with Crippen LogP contribution in [0.25, 0.3) is 0 Å². The highest BCUT2D eigenvalue weighted by Crippen LogP contribution is 2.18. The van der Waals surface area contributed by atoms with Crippen molar-refractivity contribution in [2.45, 2.75) is 77.0 Å². The molecule has 0 saturated heterocycles. The first kappa shape index (κ1) is 21.4. The van der Waals surface area contributed by atoms with Gasteiger partial charge < -0.3 is 14.9 Å². The van der Waals surface area contributed by atoms with Gasteiger partial charge in [-0.3, -0.25) is 14.4 Å². The Kier molecular flexibility index (Phi) is 13.1. The third kappa shape index (κ3) is 13.8. The molecule has 0 aliphatic rings. The normalized spacial score (nSPS) is 11.9. The number of methoxy groups -OCH3 is 1. The van der Waals surface area contributed by atoms with Gasteiger partial charge in [0.2, 0.25) is 0 Å². The fourth-order valence-corrected chi connectivity index (χ4v) is 2.51. The third-order valence-electron chi connectivity index (χ3n) is 3.97. The molecule has 0 bridgehead atoms. The molecule has 0 aromatic carbocycles. The first-order chi connectivity index (χ1) is 11.0. The fraction of sp³-hybridized carbons (Fsp3) is 0.824. The molecule has 134 valence electrons. The Morgan fingerprint density at radius 2 is 1.30 bits per heavy atom. The van der Waals surface area contributed by atoms with E-state index in [0.29, 0.717) is 12.8 Å². The molecule has 0 fully saturated rings. The quantitative estimate of drug-likeness (QED) is 0.351. The summed E-state index contributed by atoms with van der Waals surface area (Å²) in [5, 5.41) is 17.6. The second-order valence-corrected chi connectivity index (χ2v) is 5.91. The zero-order chi connectivity index (χ0) is 17.5.